The fraction of sp³-hybridized carbons (Fsp3) is 0.615. The standard InChI is InChI=1S/C13H18N4O2/c14-9-3-5-17(6-4-9)11-7-10(13(18)19)15-12(16-11)8-1-2-8/h7-9H,1-6,14H2,(H,18,19). The fourth-order valence-electron chi connectivity index (χ4n) is 2.38. The number of aromatic nitrogens is 2. The SMILES string of the molecule is NC1CCN(c2cc(C(=O)O)nc(C3CC3)n2)CC1. The van der Waals surface area contributed by atoms with Crippen LogP contribution in [-0.2, 0) is 0 Å². The number of anilines is 1. The van der Waals surface area contributed by atoms with Crippen LogP contribution in [0, 0.1) is 0 Å². The summed E-state index contributed by atoms with van der Waals surface area (Å²) in [6.45, 7) is 1.67. The number of hydrogen-bond donors (Lipinski definition) is 2. The van der Waals surface area contributed by atoms with Gasteiger partial charge in [-0.2, -0.15) is 0 Å². The molecule has 0 amide bonds. The Hall–Kier alpha value is -1.69. The smallest absolute Gasteiger partial charge is 0.354 e. The minimum Gasteiger partial charge on any atom is -0.477 e. The molecule has 1 aliphatic carbocycles. The summed E-state index contributed by atoms with van der Waals surface area (Å²) in [5.41, 5.74) is 5.99. The first kappa shape index (κ1) is 12.3. The van der Waals surface area contributed by atoms with Gasteiger partial charge in [0.15, 0.2) is 5.69 Å². The number of nitrogens with two attached hydrogens (primary N) is 1. The number of carbonyl (C=O) groups is 1. The molecule has 19 heavy (non-hydrogen) atoms. The Balaban J connectivity index is 1.89. The van der Waals surface area contributed by atoms with Gasteiger partial charge in [0.1, 0.15) is 11.6 Å². The predicted octanol–water partition coefficient (Wildman–Crippen LogP) is 0.980. The van der Waals surface area contributed by atoms with Crippen LogP contribution in [0.1, 0.15) is 47.9 Å². The molecule has 0 bridgehead atoms. The van der Waals surface area contributed by atoms with E-state index in [4.69, 9.17) is 10.8 Å². The van der Waals surface area contributed by atoms with Crippen LogP contribution in [0.25, 0.3) is 0 Å². The zero-order chi connectivity index (χ0) is 13.4. The number of piperidine rings is 1. The van der Waals surface area contributed by atoms with Gasteiger partial charge in [0.25, 0.3) is 0 Å². The Morgan fingerprint density at radius 1 is 1.26 bits per heavy atom. The summed E-state index contributed by atoms with van der Waals surface area (Å²) in [6.07, 6.45) is 3.97. The minimum atomic E-state index is -0.987. The zero-order valence-electron chi connectivity index (χ0n) is 10.7. The number of hydrogen-bond acceptors (Lipinski definition) is 5. The molecule has 0 aromatic carbocycles. The van der Waals surface area contributed by atoms with E-state index in [1.807, 2.05) is 0 Å². The Bertz CT molecular complexity index is 493. The molecular formula is C13H18N4O2. The second-order valence-electron chi connectivity index (χ2n) is 5.37. The third-order valence-corrected chi connectivity index (χ3v) is 3.76. The monoisotopic (exact) mass is 262 g/mol. The van der Waals surface area contributed by atoms with Crippen LogP contribution in [0.4, 0.5) is 5.82 Å². The van der Waals surface area contributed by atoms with E-state index in [2.05, 4.69) is 14.9 Å². The summed E-state index contributed by atoms with van der Waals surface area (Å²) < 4.78 is 0. The van der Waals surface area contributed by atoms with E-state index >= 15 is 0 Å². The van der Waals surface area contributed by atoms with Gasteiger partial charge in [-0.15, -0.1) is 0 Å². The highest BCUT2D eigenvalue weighted by Crippen LogP contribution is 2.38. The van der Waals surface area contributed by atoms with Crippen LogP contribution in [-0.4, -0.2) is 40.2 Å². The van der Waals surface area contributed by atoms with Crippen molar-refractivity contribution in [2.45, 2.75) is 37.6 Å². The summed E-state index contributed by atoms with van der Waals surface area (Å²) in [4.78, 5) is 21.9. The van der Waals surface area contributed by atoms with Gasteiger partial charge in [-0.25, -0.2) is 14.8 Å². The van der Waals surface area contributed by atoms with Crippen molar-refractivity contribution in [1.82, 2.24) is 9.97 Å². The molecule has 2 heterocycles. The van der Waals surface area contributed by atoms with Crippen molar-refractivity contribution < 1.29 is 9.90 Å². The van der Waals surface area contributed by atoms with Crippen LogP contribution in [0.3, 0.4) is 0 Å². The van der Waals surface area contributed by atoms with Gasteiger partial charge in [-0.05, 0) is 25.7 Å². The van der Waals surface area contributed by atoms with Crippen molar-refractivity contribution in [2.24, 2.45) is 5.73 Å². The number of carboxylic acid groups (broad SMARTS) is 1. The van der Waals surface area contributed by atoms with Crippen LogP contribution >= 0.6 is 0 Å². The van der Waals surface area contributed by atoms with Gasteiger partial charge < -0.3 is 15.7 Å². The second-order valence-corrected chi connectivity index (χ2v) is 5.37. The van der Waals surface area contributed by atoms with Crippen molar-refractivity contribution in [3.63, 3.8) is 0 Å². The molecule has 1 aromatic rings. The largest absolute Gasteiger partial charge is 0.477 e. The van der Waals surface area contributed by atoms with Gasteiger partial charge in [-0.3, -0.25) is 0 Å². The van der Waals surface area contributed by atoms with Crippen LogP contribution < -0.4 is 10.6 Å². The molecule has 1 aromatic heterocycles. The highest BCUT2D eigenvalue weighted by Gasteiger charge is 2.29. The highest BCUT2D eigenvalue weighted by atomic mass is 16.4. The summed E-state index contributed by atoms with van der Waals surface area (Å²) in [6, 6.07) is 1.82. The lowest BCUT2D eigenvalue weighted by molar-refractivity contribution is 0.0690. The molecule has 1 saturated heterocycles. The van der Waals surface area contributed by atoms with Gasteiger partial charge in [0.05, 0.1) is 0 Å². The van der Waals surface area contributed by atoms with E-state index in [-0.39, 0.29) is 11.7 Å². The van der Waals surface area contributed by atoms with E-state index in [0.717, 1.165) is 44.6 Å². The number of nitrogens with zero attached hydrogens (tertiary/aromatic N) is 3. The second kappa shape index (κ2) is 4.77. The summed E-state index contributed by atoms with van der Waals surface area (Å²) >= 11 is 0. The molecule has 6 heteroatoms. The first-order valence-corrected chi connectivity index (χ1v) is 6.76. The maximum atomic E-state index is 11.2. The summed E-state index contributed by atoms with van der Waals surface area (Å²) in [5, 5.41) is 9.15. The first-order chi connectivity index (χ1) is 9.13. The van der Waals surface area contributed by atoms with Gasteiger partial charge >= 0.3 is 5.97 Å². The molecule has 3 rings (SSSR count). The maximum Gasteiger partial charge on any atom is 0.354 e. The number of aromatic carboxylic acids is 1. The molecule has 0 unspecified atom stereocenters. The molecule has 102 valence electrons. The first-order valence-electron chi connectivity index (χ1n) is 6.76. The van der Waals surface area contributed by atoms with Crippen LogP contribution in [0.15, 0.2) is 6.07 Å². The van der Waals surface area contributed by atoms with E-state index < -0.39 is 5.97 Å². The Labute approximate surface area is 111 Å². The van der Waals surface area contributed by atoms with Gasteiger partial charge in [-0.1, -0.05) is 0 Å². The van der Waals surface area contributed by atoms with E-state index in [1.165, 1.54) is 0 Å². The topological polar surface area (TPSA) is 92.3 Å². The van der Waals surface area contributed by atoms with Crippen molar-refractivity contribution >= 4 is 11.8 Å². The molecule has 2 aliphatic rings. The lowest BCUT2D eigenvalue weighted by atomic mass is 10.1. The number of rotatable bonds is 3. The zero-order valence-corrected chi connectivity index (χ0v) is 10.7. The van der Waals surface area contributed by atoms with Crippen molar-refractivity contribution in [3.8, 4) is 0 Å². The van der Waals surface area contributed by atoms with Crippen LogP contribution in [0.5, 0.6) is 0 Å². The lowest BCUT2D eigenvalue weighted by Crippen LogP contribution is -2.40. The number of carboxylic acids is 1. The molecular weight excluding hydrogens is 244 g/mol. The Kier molecular flexibility index (Phi) is 3.10. The fourth-order valence-corrected chi connectivity index (χ4v) is 2.38. The molecule has 0 radical (unpaired) electrons. The maximum absolute atomic E-state index is 11.2. The quantitative estimate of drug-likeness (QED) is 0.843. The van der Waals surface area contributed by atoms with Crippen LogP contribution in [0.2, 0.25) is 0 Å². The molecule has 2 fully saturated rings. The third kappa shape index (κ3) is 2.68. The van der Waals surface area contributed by atoms with Crippen molar-refractivity contribution in [1.29, 1.82) is 0 Å². The predicted molar refractivity (Wildman–Crippen MR) is 70.4 cm³/mol. The average molecular weight is 262 g/mol. The molecule has 3 N–H and O–H groups in total. The molecule has 1 aliphatic heterocycles. The third-order valence-electron chi connectivity index (χ3n) is 3.76. The summed E-state index contributed by atoms with van der Waals surface area (Å²) in [5.74, 6) is 0.787. The van der Waals surface area contributed by atoms with Crippen molar-refractivity contribution in [2.75, 3.05) is 18.0 Å². The molecule has 1 saturated carbocycles. The molecule has 0 atom stereocenters. The summed E-state index contributed by atoms with van der Waals surface area (Å²) in [7, 11) is 0. The molecule has 6 nitrogen and oxygen atoms in total. The average Bonchev–Trinajstić information content (AvgIpc) is 3.23. The van der Waals surface area contributed by atoms with Gasteiger partial charge in [0.2, 0.25) is 0 Å². The minimum absolute atomic E-state index is 0.0989. The van der Waals surface area contributed by atoms with E-state index in [9.17, 15) is 4.79 Å². The van der Waals surface area contributed by atoms with E-state index in [0.29, 0.717) is 11.7 Å². The normalized spacial score (nSPS) is 20.6. The highest BCUT2D eigenvalue weighted by molar-refractivity contribution is 5.86. The van der Waals surface area contributed by atoms with E-state index in [1.54, 1.807) is 6.07 Å². The molecule has 0 spiro atoms. The lowest BCUT2D eigenvalue weighted by Gasteiger charge is -2.31. The van der Waals surface area contributed by atoms with Crippen molar-refractivity contribution in [3.05, 3.63) is 17.6 Å². The Morgan fingerprint density at radius 3 is 2.53 bits per heavy atom. The van der Waals surface area contributed by atoms with Gasteiger partial charge in [0, 0.05) is 31.1 Å². The Morgan fingerprint density at radius 2 is 1.95 bits per heavy atom.